The topological polar surface area (TPSA) is 88.3 Å². The second-order valence-corrected chi connectivity index (χ2v) is 6.66. The Balaban J connectivity index is 0.00000392. The Bertz CT molecular complexity index is 574. The summed E-state index contributed by atoms with van der Waals surface area (Å²) in [6.45, 7) is 6.88. The van der Waals surface area contributed by atoms with E-state index in [9.17, 15) is 4.79 Å². The molecule has 1 aliphatic heterocycles. The van der Waals surface area contributed by atoms with Gasteiger partial charge in [-0.3, -0.25) is 4.99 Å². The SMILES string of the molecule is CCOC(=O)N1CCC(NC(=NCCc2ccco2)NC(C)COC)CC1.I. The Hall–Kier alpha value is -1.49. The number of nitrogens with one attached hydrogen (secondary N) is 2. The van der Waals surface area contributed by atoms with Gasteiger partial charge in [0.05, 0.1) is 19.5 Å². The second-order valence-electron chi connectivity index (χ2n) is 6.66. The zero-order valence-corrected chi connectivity index (χ0v) is 19.3. The van der Waals surface area contributed by atoms with Crippen LogP contribution in [0.2, 0.25) is 0 Å². The molecule has 1 fully saturated rings. The molecule has 2 rings (SSSR count). The first kappa shape index (κ1) is 24.5. The van der Waals surface area contributed by atoms with Gasteiger partial charge in [-0.05, 0) is 38.8 Å². The third kappa shape index (κ3) is 8.68. The van der Waals surface area contributed by atoms with E-state index >= 15 is 0 Å². The van der Waals surface area contributed by atoms with Gasteiger partial charge >= 0.3 is 6.09 Å². The molecule has 160 valence electrons. The molecule has 1 atom stereocenters. The molecular formula is C19H33IN4O4. The van der Waals surface area contributed by atoms with Crippen LogP contribution in [0, 0.1) is 0 Å². The van der Waals surface area contributed by atoms with Crippen molar-refractivity contribution in [2.45, 2.75) is 45.2 Å². The smallest absolute Gasteiger partial charge is 0.409 e. The van der Waals surface area contributed by atoms with Crippen molar-refractivity contribution in [2.24, 2.45) is 4.99 Å². The highest BCUT2D eigenvalue weighted by atomic mass is 127. The highest BCUT2D eigenvalue weighted by Crippen LogP contribution is 2.11. The average molecular weight is 508 g/mol. The summed E-state index contributed by atoms with van der Waals surface area (Å²) < 4.78 is 15.6. The molecule has 1 aromatic rings. The number of methoxy groups -OCH3 is 1. The number of carbonyl (C=O) groups is 1. The number of ether oxygens (including phenoxy) is 2. The minimum atomic E-state index is -0.227. The summed E-state index contributed by atoms with van der Waals surface area (Å²) in [7, 11) is 1.68. The molecule has 0 aromatic carbocycles. The number of piperidine rings is 1. The fraction of sp³-hybridized carbons (Fsp3) is 0.684. The summed E-state index contributed by atoms with van der Waals surface area (Å²) in [5.41, 5.74) is 0. The van der Waals surface area contributed by atoms with Crippen molar-refractivity contribution in [3.05, 3.63) is 24.2 Å². The van der Waals surface area contributed by atoms with E-state index in [1.165, 1.54) is 0 Å². The summed E-state index contributed by atoms with van der Waals surface area (Å²) in [6.07, 6.45) is 3.91. The summed E-state index contributed by atoms with van der Waals surface area (Å²) in [4.78, 5) is 18.3. The van der Waals surface area contributed by atoms with E-state index in [-0.39, 0.29) is 42.2 Å². The predicted molar refractivity (Wildman–Crippen MR) is 119 cm³/mol. The van der Waals surface area contributed by atoms with E-state index in [1.807, 2.05) is 19.1 Å². The van der Waals surface area contributed by atoms with Gasteiger partial charge in [0.25, 0.3) is 0 Å². The maximum atomic E-state index is 11.8. The molecule has 8 nitrogen and oxygen atoms in total. The van der Waals surface area contributed by atoms with Gasteiger partial charge in [-0.1, -0.05) is 0 Å². The van der Waals surface area contributed by atoms with Gasteiger partial charge < -0.3 is 29.4 Å². The van der Waals surface area contributed by atoms with Gasteiger partial charge in [-0.15, -0.1) is 24.0 Å². The zero-order valence-electron chi connectivity index (χ0n) is 17.0. The highest BCUT2D eigenvalue weighted by Gasteiger charge is 2.24. The minimum absolute atomic E-state index is 0. The van der Waals surface area contributed by atoms with Gasteiger partial charge in [0, 0.05) is 45.2 Å². The number of hydrogen-bond donors (Lipinski definition) is 2. The number of carbonyl (C=O) groups excluding carboxylic acids is 1. The lowest BCUT2D eigenvalue weighted by atomic mass is 10.1. The Morgan fingerprint density at radius 3 is 2.79 bits per heavy atom. The molecule has 2 heterocycles. The van der Waals surface area contributed by atoms with Crippen molar-refractivity contribution in [1.29, 1.82) is 0 Å². The second kappa shape index (κ2) is 13.6. The van der Waals surface area contributed by atoms with Crippen molar-refractivity contribution in [1.82, 2.24) is 15.5 Å². The van der Waals surface area contributed by atoms with Crippen LogP contribution in [-0.4, -0.2) is 69.0 Å². The van der Waals surface area contributed by atoms with Crippen LogP contribution in [0.25, 0.3) is 0 Å². The molecule has 1 aromatic heterocycles. The van der Waals surface area contributed by atoms with E-state index in [0.717, 1.165) is 31.0 Å². The van der Waals surface area contributed by atoms with Crippen LogP contribution in [0.3, 0.4) is 0 Å². The lowest BCUT2D eigenvalue weighted by Gasteiger charge is -2.32. The number of rotatable bonds is 8. The third-order valence-electron chi connectivity index (χ3n) is 4.37. The molecule has 0 saturated carbocycles. The van der Waals surface area contributed by atoms with Crippen molar-refractivity contribution in [3.63, 3.8) is 0 Å². The van der Waals surface area contributed by atoms with Crippen molar-refractivity contribution in [2.75, 3.05) is 40.0 Å². The highest BCUT2D eigenvalue weighted by molar-refractivity contribution is 14.0. The largest absolute Gasteiger partial charge is 0.469 e. The van der Waals surface area contributed by atoms with Gasteiger partial charge in [0.1, 0.15) is 5.76 Å². The van der Waals surface area contributed by atoms with Crippen LogP contribution >= 0.6 is 24.0 Å². The predicted octanol–water partition coefficient (Wildman–Crippen LogP) is 2.63. The first-order valence-corrected chi connectivity index (χ1v) is 9.63. The molecule has 1 unspecified atom stereocenters. The van der Waals surface area contributed by atoms with Gasteiger partial charge in [0.2, 0.25) is 0 Å². The van der Waals surface area contributed by atoms with E-state index in [1.54, 1.807) is 18.3 Å². The van der Waals surface area contributed by atoms with Crippen LogP contribution in [0.1, 0.15) is 32.4 Å². The Labute approximate surface area is 184 Å². The number of furan rings is 1. The fourth-order valence-corrected chi connectivity index (χ4v) is 3.01. The molecule has 28 heavy (non-hydrogen) atoms. The monoisotopic (exact) mass is 508 g/mol. The summed E-state index contributed by atoms with van der Waals surface area (Å²) in [6, 6.07) is 4.24. The molecule has 0 aliphatic carbocycles. The lowest BCUT2D eigenvalue weighted by molar-refractivity contribution is 0.0962. The van der Waals surface area contributed by atoms with E-state index < -0.39 is 0 Å². The van der Waals surface area contributed by atoms with Crippen molar-refractivity contribution >= 4 is 36.0 Å². The first-order valence-electron chi connectivity index (χ1n) is 9.63. The molecule has 0 radical (unpaired) electrons. The van der Waals surface area contributed by atoms with Crippen LogP contribution in [-0.2, 0) is 15.9 Å². The fourth-order valence-electron chi connectivity index (χ4n) is 3.01. The Morgan fingerprint density at radius 2 is 2.18 bits per heavy atom. The number of likely N-dealkylation sites (tertiary alicyclic amines) is 1. The number of amides is 1. The Kier molecular flexibility index (Phi) is 12.0. The number of hydrogen-bond acceptors (Lipinski definition) is 5. The van der Waals surface area contributed by atoms with Crippen LogP contribution in [0.4, 0.5) is 4.79 Å². The van der Waals surface area contributed by atoms with E-state index in [2.05, 4.69) is 22.5 Å². The maximum Gasteiger partial charge on any atom is 0.409 e. The average Bonchev–Trinajstić information content (AvgIpc) is 3.16. The van der Waals surface area contributed by atoms with Gasteiger partial charge in [0.15, 0.2) is 5.96 Å². The molecule has 1 saturated heterocycles. The number of guanidine groups is 1. The quantitative estimate of drug-likeness (QED) is 0.319. The summed E-state index contributed by atoms with van der Waals surface area (Å²) >= 11 is 0. The lowest BCUT2D eigenvalue weighted by Crippen LogP contribution is -2.52. The molecular weight excluding hydrogens is 475 g/mol. The van der Waals surface area contributed by atoms with Crippen LogP contribution in [0.15, 0.2) is 27.8 Å². The molecule has 0 spiro atoms. The molecule has 1 amide bonds. The number of aliphatic imine (C=N–C) groups is 1. The standard InChI is InChI=1S/C19H32N4O4.HI/c1-4-26-19(24)23-11-8-16(9-12-23)22-18(21-15(2)14-25-3)20-10-7-17-6-5-13-27-17;/h5-6,13,15-16H,4,7-12,14H2,1-3H3,(H2,20,21,22);1H. The maximum absolute atomic E-state index is 11.8. The van der Waals surface area contributed by atoms with Gasteiger partial charge in [-0.2, -0.15) is 0 Å². The molecule has 1 aliphatic rings. The van der Waals surface area contributed by atoms with Crippen LogP contribution < -0.4 is 10.6 Å². The molecule has 0 bridgehead atoms. The van der Waals surface area contributed by atoms with Gasteiger partial charge in [-0.25, -0.2) is 4.79 Å². The zero-order chi connectivity index (χ0) is 19.5. The van der Waals surface area contributed by atoms with E-state index in [4.69, 9.17) is 13.9 Å². The van der Waals surface area contributed by atoms with E-state index in [0.29, 0.717) is 32.8 Å². The summed E-state index contributed by atoms with van der Waals surface area (Å²) in [5.74, 6) is 1.69. The van der Waals surface area contributed by atoms with Crippen molar-refractivity contribution in [3.8, 4) is 0 Å². The number of nitrogens with zero attached hydrogens (tertiary/aromatic N) is 2. The molecule has 2 N–H and O–H groups in total. The normalized spacial score (nSPS) is 16.2. The summed E-state index contributed by atoms with van der Waals surface area (Å²) in [5, 5.41) is 6.87. The third-order valence-corrected chi connectivity index (χ3v) is 4.37. The Morgan fingerprint density at radius 1 is 1.43 bits per heavy atom. The first-order chi connectivity index (χ1) is 13.1. The number of halogens is 1. The minimum Gasteiger partial charge on any atom is -0.469 e. The van der Waals surface area contributed by atoms with Crippen molar-refractivity contribution < 1.29 is 18.7 Å². The van der Waals surface area contributed by atoms with Crippen LogP contribution in [0.5, 0.6) is 0 Å². The molecule has 9 heteroatoms.